The van der Waals surface area contributed by atoms with E-state index in [-0.39, 0.29) is 0 Å². The minimum atomic E-state index is 0.292. The zero-order valence-corrected chi connectivity index (χ0v) is 11.4. The van der Waals surface area contributed by atoms with E-state index in [2.05, 4.69) is 58.0 Å². The van der Waals surface area contributed by atoms with Crippen molar-refractivity contribution in [2.45, 2.75) is 60.2 Å². The lowest BCUT2D eigenvalue weighted by Crippen LogP contribution is -2.37. The number of nitrogens with one attached hydrogen (secondary N) is 1. The van der Waals surface area contributed by atoms with Crippen LogP contribution in [0, 0.1) is 5.41 Å². The van der Waals surface area contributed by atoms with Crippen molar-refractivity contribution >= 4 is 0 Å². The standard InChI is InChI=1S/C13H25N3/c1-10(2)16-8-7-12(15-16)9-14-11(3)13(4,5)6/h7-8,10-11,14H,9H2,1-6H3. The fourth-order valence-corrected chi connectivity index (χ4v) is 1.32. The summed E-state index contributed by atoms with van der Waals surface area (Å²) in [5.74, 6) is 0. The second-order valence-electron chi connectivity index (χ2n) is 5.85. The maximum absolute atomic E-state index is 4.52. The molecule has 1 heterocycles. The second-order valence-corrected chi connectivity index (χ2v) is 5.85. The van der Waals surface area contributed by atoms with Crippen LogP contribution < -0.4 is 5.32 Å². The fraction of sp³-hybridized carbons (Fsp3) is 0.769. The fourth-order valence-electron chi connectivity index (χ4n) is 1.32. The summed E-state index contributed by atoms with van der Waals surface area (Å²) in [5.41, 5.74) is 1.41. The van der Waals surface area contributed by atoms with Crippen LogP contribution in [0.3, 0.4) is 0 Å². The molecule has 0 fully saturated rings. The van der Waals surface area contributed by atoms with Gasteiger partial charge in [-0.05, 0) is 32.3 Å². The molecule has 0 aromatic carbocycles. The normalized spacial score (nSPS) is 14.4. The van der Waals surface area contributed by atoms with Gasteiger partial charge in [0, 0.05) is 24.8 Å². The first-order chi connectivity index (χ1) is 7.30. The van der Waals surface area contributed by atoms with Gasteiger partial charge in [0.15, 0.2) is 0 Å². The molecule has 1 rings (SSSR count). The Kier molecular flexibility index (Phi) is 4.14. The van der Waals surface area contributed by atoms with Crippen LogP contribution in [0.2, 0.25) is 0 Å². The highest BCUT2D eigenvalue weighted by atomic mass is 15.3. The zero-order chi connectivity index (χ0) is 12.3. The monoisotopic (exact) mass is 223 g/mol. The third kappa shape index (κ3) is 3.63. The molecule has 0 radical (unpaired) electrons. The Morgan fingerprint density at radius 2 is 1.94 bits per heavy atom. The first kappa shape index (κ1) is 13.2. The number of rotatable bonds is 4. The molecule has 16 heavy (non-hydrogen) atoms. The van der Waals surface area contributed by atoms with Crippen molar-refractivity contribution in [1.82, 2.24) is 15.1 Å². The van der Waals surface area contributed by atoms with Crippen LogP contribution >= 0.6 is 0 Å². The van der Waals surface area contributed by atoms with Gasteiger partial charge < -0.3 is 5.32 Å². The Hall–Kier alpha value is -0.830. The van der Waals surface area contributed by atoms with Gasteiger partial charge in [-0.15, -0.1) is 0 Å². The molecule has 3 heteroatoms. The molecule has 92 valence electrons. The Balaban J connectivity index is 2.49. The molecule has 1 atom stereocenters. The van der Waals surface area contributed by atoms with Crippen LogP contribution in [0.5, 0.6) is 0 Å². The molecule has 0 aliphatic rings. The predicted octanol–water partition coefficient (Wildman–Crippen LogP) is 2.99. The summed E-state index contributed by atoms with van der Waals surface area (Å²) >= 11 is 0. The van der Waals surface area contributed by atoms with E-state index in [1.54, 1.807) is 0 Å². The van der Waals surface area contributed by atoms with Gasteiger partial charge in [0.2, 0.25) is 0 Å². The maximum Gasteiger partial charge on any atom is 0.0762 e. The molecule has 0 aliphatic heterocycles. The van der Waals surface area contributed by atoms with E-state index in [0.29, 0.717) is 17.5 Å². The average Bonchev–Trinajstić information content (AvgIpc) is 2.60. The van der Waals surface area contributed by atoms with Crippen LogP contribution in [0.15, 0.2) is 12.3 Å². The number of hydrogen-bond acceptors (Lipinski definition) is 2. The summed E-state index contributed by atoms with van der Waals surface area (Å²) in [7, 11) is 0. The van der Waals surface area contributed by atoms with Crippen LogP contribution in [0.25, 0.3) is 0 Å². The van der Waals surface area contributed by atoms with E-state index in [9.17, 15) is 0 Å². The first-order valence-corrected chi connectivity index (χ1v) is 6.08. The van der Waals surface area contributed by atoms with E-state index in [4.69, 9.17) is 0 Å². The second kappa shape index (κ2) is 5.00. The lowest BCUT2D eigenvalue weighted by atomic mass is 9.88. The molecular formula is C13H25N3. The van der Waals surface area contributed by atoms with Gasteiger partial charge >= 0.3 is 0 Å². The molecule has 0 saturated carbocycles. The molecule has 1 N–H and O–H groups in total. The van der Waals surface area contributed by atoms with Gasteiger partial charge in [-0.2, -0.15) is 5.10 Å². The molecule has 0 saturated heterocycles. The van der Waals surface area contributed by atoms with Gasteiger partial charge in [-0.3, -0.25) is 4.68 Å². The quantitative estimate of drug-likeness (QED) is 0.850. The molecule has 0 spiro atoms. The average molecular weight is 223 g/mol. The van der Waals surface area contributed by atoms with Crippen LogP contribution in [0.4, 0.5) is 0 Å². The van der Waals surface area contributed by atoms with E-state index in [0.717, 1.165) is 12.2 Å². The largest absolute Gasteiger partial charge is 0.308 e. The third-order valence-electron chi connectivity index (χ3n) is 3.08. The van der Waals surface area contributed by atoms with Gasteiger partial charge in [0.1, 0.15) is 0 Å². The van der Waals surface area contributed by atoms with E-state index in [1.165, 1.54) is 0 Å². The maximum atomic E-state index is 4.52. The van der Waals surface area contributed by atoms with Crippen LogP contribution in [-0.4, -0.2) is 15.8 Å². The molecule has 0 bridgehead atoms. The van der Waals surface area contributed by atoms with Crippen molar-refractivity contribution in [3.05, 3.63) is 18.0 Å². The highest BCUT2D eigenvalue weighted by Gasteiger charge is 2.19. The Labute approximate surface area is 99.2 Å². The SMILES string of the molecule is CC(C)n1ccc(CNC(C)C(C)(C)C)n1. The molecule has 1 aromatic heterocycles. The molecule has 1 unspecified atom stereocenters. The summed E-state index contributed by atoms with van der Waals surface area (Å²) in [6.07, 6.45) is 2.05. The van der Waals surface area contributed by atoms with Gasteiger partial charge in [0.05, 0.1) is 5.69 Å². The Bertz CT molecular complexity index is 320. The predicted molar refractivity (Wildman–Crippen MR) is 68.4 cm³/mol. The van der Waals surface area contributed by atoms with Gasteiger partial charge in [-0.1, -0.05) is 20.8 Å². The highest BCUT2D eigenvalue weighted by molar-refractivity contribution is 4.99. The van der Waals surface area contributed by atoms with E-state index < -0.39 is 0 Å². The lowest BCUT2D eigenvalue weighted by Gasteiger charge is -2.27. The summed E-state index contributed by atoms with van der Waals surface area (Å²) < 4.78 is 2.00. The zero-order valence-electron chi connectivity index (χ0n) is 11.4. The third-order valence-corrected chi connectivity index (χ3v) is 3.08. The van der Waals surface area contributed by atoms with Crippen LogP contribution in [-0.2, 0) is 6.54 Å². The van der Waals surface area contributed by atoms with Crippen molar-refractivity contribution in [3.8, 4) is 0 Å². The van der Waals surface area contributed by atoms with E-state index in [1.807, 2.05) is 10.9 Å². The van der Waals surface area contributed by atoms with Crippen molar-refractivity contribution < 1.29 is 0 Å². The smallest absolute Gasteiger partial charge is 0.0762 e. The summed E-state index contributed by atoms with van der Waals surface area (Å²) in [6.45, 7) is 14.1. The van der Waals surface area contributed by atoms with Crippen molar-refractivity contribution in [1.29, 1.82) is 0 Å². The molecule has 3 nitrogen and oxygen atoms in total. The van der Waals surface area contributed by atoms with Crippen molar-refractivity contribution in [3.63, 3.8) is 0 Å². The first-order valence-electron chi connectivity index (χ1n) is 6.08. The van der Waals surface area contributed by atoms with Crippen molar-refractivity contribution in [2.75, 3.05) is 0 Å². The topological polar surface area (TPSA) is 29.9 Å². The van der Waals surface area contributed by atoms with E-state index >= 15 is 0 Å². The summed E-state index contributed by atoms with van der Waals surface area (Å²) in [5, 5.41) is 8.03. The number of hydrogen-bond donors (Lipinski definition) is 1. The summed E-state index contributed by atoms with van der Waals surface area (Å²) in [6, 6.07) is 3.01. The van der Waals surface area contributed by atoms with Crippen molar-refractivity contribution in [2.24, 2.45) is 5.41 Å². The lowest BCUT2D eigenvalue weighted by molar-refractivity contribution is 0.284. The minimum absolute atomic E-state index is 0.292. The number of aromatic nitrogens is 2. The Morgan fingerprint density at radius 1 is 1.31 bits per heavy atom. The molecule has 0 aliphatic carbocycles. The molecule has 1 aromatic rings. The highest BCUT2D eigenvalue weighted by Crippen LogP contribution is 2.18. The summed E-state index contributed by atoms with van der Waals surface area (Å²) in [4.78, 5) is 0. The van der Waals surface area contributed by atoms with Gasteiger partial charge in [0.25, 0.3) is 0 Å². The van der Waals surface area contributed by atoms with Crippen LogP contribution in [0.1, 0.15) is 53.3 Å². The number of nitrogens with zero attached hydrogens (tertiary/aromatic N) is 2. The molecule has 0 amide bonds. The molecular weight excluding hydrogens is 198 g/mol. The van der Waals surface area contributed by atoms with Gasteiger partial charge in [-0.25, -0.2) is 0 Å². The Morgan fingerprint density at radius 3 is 2.38 bits per heavy atom. The minimum Gasteiger partial charge on any atom is -0.308 e.